The van der Waals surface area contributed by atoms with Crippen molar-refractivity contribution < 1.29 is 4.79 Å². The van der Waals surface area contributed by atoms with Gasteiger partial charge in [0.15, 0.2) is 0 Å². The molecule has 0 aromatic carbocycles. The molecule has 2 fully saturated rings. The maximum atomic E-state index is 12.4. The fourth-order valence-electron chi connectivity index (χ4n) is 3.16. The van der Waals surface area contributed by atoms with Crippen molar-refractivity contribution in [1.82, 2.24) is 9.80 Å². The van der Waals surface area contributed by atoms with E-state index < -0.39 is 0 Å². The summed E-state index contributed by atoms with van der Waals surface area (Å²) in [6, 6.07) is 0.535. The fraction of sp³-hybridized carbons (Fsp3) is 0.923. The number of hydrogen-bond donors (Lipinski definition) is 1. The van der Waals surface area contributed by atoms with Crippen LogP contribution in [0.1, 0.15) is 39.0 Å². The molecule has 98 valence electrons. The Kier molecular flexibility index (Phi) is 4.40. The highest BCUT2D eigenvalue weighted by molar-refractivity contribution is 5.82. The first kappa shape index (κ1) is 12.8. The minimum absolute atomic E-state index is 0.0224. The largest absolute Gasteiger partial charge is 0.337 e. The summed E-state index contributed by atoms with van der Waals surface area (Å²) in [6.07, 6.45) is 6.32. The molecule has 4 nitrogen and oxygen atoms in total. The predicted molar refractivity (Wildman–Crippen MR) is 68.7 cm³/mol. The van der Waals surface area contributed by atoms with Crippen LogP contribution in [-0.4, -0.2) is 54.0 Å². The maximum Gasteiger partial charge on any atom is 0.239 e. The molecule has 1 saturated heterocycles. The molecule has 1 saturated carbocycles. The minimum atomic E-state index is 0.0224. The topological polar surface area (TPSA) is 49.6 Å². The lowest BCUT2D eigenvalue weighted by atomic mass is 9.93. The first-order valence-corrected chi connectivity index (χ1v) is 6.98. The zero-order valence-corrected chi connectivity index (χ0v) is 10.9. The van der Waals surface area contributed by atoms with E-state index in [2.05, 4.69) is 9.80 Å². The lowest BCUT2D eigenvalue weighted by molar-refractivity contribution is -0.144. The molecule has 1 aliphatic heterocycles. The van der Waals surface area contributed by atoms with E-state index in [-0.39, 0.29) is 6.04 Å². The van der Waals surface area contributed by atoms with E-state index in [1.807, 2.05) is 6.92 Å². The van der Waals surface area contributed by atoms with Gasteiger partial charge in [-0.1, -0.05) is 19.3 Å². The molecule has 0 aromatic heterocycles. The van der Waals surface area contributed by atoms with Crippen molar-refractivity contribution in [2.75, 3.05) is 26.2 Å². The zero-order chi connectivity index (χ0) is 12.3. The Labute approximate surface area is 104 Å². The van der Waals surface area contributed by atoms with Gasteiger partial charge in [-0.15, -0.1) is 0 Å². The van der Waals surface area contributed by atoms with Gasteiger partial charge < -0.3 is 10.6 Å². The van der Waals surface area contributed by atoms with Crippen molar-refractivity contribution in [3.8, 4) is 0 Å². The van der Waals surface area contributed by atoms with Gasteiger partial charge in [0.05, 0.1) is 6.04 Å². The van der Waals surface area contributed by atoms with Crippen molar-refractivity contribution >= 4 is 5.91 Å². The molecule has 0 radical (unpaired) electrons. The van der Waals surface area contributed by atoms with Crippen LogP contribution in [0, 0.1) is 0 Å². The maximum absolute atomic E-state index is 12.4. The molecule has 0 aromatic rings. The van der Waals surface area contributed by atoms with Crippen molar-refractivity contribution in [3.63, 3.8) is 0 Å². The molecule has 1 atom stereocenters. The second-order valence-electron chi connectivity index (χ2n) is 5.32. The summed E-state index contributed by atoms with van der Waals surface area (Å²) < 4.78 is 0. The number of hydrogen-bond acceptors (Lipinski definition) is 3. The highest BCUT2D eigenvalue weighted by atomic mass is 16.2. The van der Waals surface area contributed by atoms with Gasteiger partial charge in [0.2, 0.25) is 5.91 Å². The molecule has 2 aliphatic rings. The highest BCUT2D eigenvalue weighted by Gasteiger charge is 2.34. The third-order valence-corrected chi connectivity index (χ3v) is 4.25. The number of amides is 1. The number of carbonyl (C=O) groups excluding carboxylic acids is 1. The third kappa shape index (κ3) is 2.80. The van der Waals surface area contributed by atoms with Crippen LogP contribution in [0.4, 0.5) is 0 Å². The van der Waals surface area contributed by atoms with Crippen molar-refractivity contribution in [2.24, 2.45) is 5.73 Å². The summed E-state index contributed by atoms with van der Waals surface area (Å²) in [5.41, 5.74) is 5.58. The first-order valence-electron chi connectivity index (χ1n) is 6.98. The number of rotatable bonds is 3. The van der Waals surface area contributed by atoms with Gasteiger partial charge in [0.1, 0.15) is 0 Å². The molecule has 17 heavy (non-hydrogen) atoms. The summed E-state index contributed by atoms with van der Waals surface area (Å²) in [5, 5.41) is 0. The normalized spacial score (nSPS) is 28.7. The van der Waals surface area contributed by atoms with E-state index in [4.69, 9.17) is 5.73 Å². The molecule has 1 heterocycles. The Morgan fingerprint density at radius 1 is 1.24 bits per heavy atom. The Balaban J connectivity index is 1.95. The first-order chi connectivity index (χ1) is 8.24. The summed E-state index contributed by atoms with van der Waals surface area (Å²) in [4.78, 5) is 16.7. The van der Waals surface area contributed by atoms with Crippen molar-refractivity contribution in [1.29, 1.82) is 0 Å². The molecule has 1 aliphatic carbocycles. The molecule has 2 N–H and O–H groups in total. The Morgan fingerprint density at radius 3 is 2.59 bits per heavy atom. The molecule has 4 heteroatoms. The van der Waals surface area contributed by atoms with Crippen LogP contribution < -0.4 is 5.73 Å². The Hall–Kier alpha value is -0.610. The SMILES string of the molecule is CC1C(=O)N(C2CCCCC2)CCN1CCN. The zero-order valence-electron chi connectivity index (χ0n) is 10.9. The highest BCUT2D eigenvalue weighted by Crippen LogP contribution is 2.25. The number of piperazine rings is 1. The van der Waals surface area contributed by atoms with Gasteiger partial charge in [-0.25, -0.2) is 0 Å². The quantitative estimate of drug-likeness (QED) is 0.793. The standard InChI is InChI=1S/C13H25N3O/c1-11-13(17)16(10-9-15(11)8-7-14)12-5-3-2-4-6-12/h11-12H,2-10,14H2,1H3. The lowest BCUT2D eigenvalue weighted by Crippen LogP contribution is -2.59. The predicted octanol–water partition coefficient (Wildman–Crippen LogP) is 0.811. The van der Waals surface area contributed by atoms with E-state index >= 15 is 0 Å². The minimum Gasteiger partial charge on any atom is -0.337 e. The van der Waals surface area contributed by atoms with Crippen LogP contribution in [-0.2, 0) is 4.79 Å². The van der Waals surface area contributed by atoms with Crippen molar-refractivity contribution in [3.05, 3.63) is 0 Å². The average molecular weight is 239 g/mol. The second-order valence-corrected chi connectivity index (χ2v) is 5.32. The van der Waals surface area contributed by atoms with Gasteiger partial charge in [0.25, 0.3) is 0 Å². The number of carbonyl (C=O) groups is 1. The number of nitrogens with zero attached hydrogens (tertiary/aromatic N) is 2. The molecule has 2 rings (SSSR count). The monoisotopic (exact) mass is 239 g/mol. The van der Waals surface area contributed by atoms with E-state index in [0.717, 1.165) is 19.6 Å². The van der Waals surface area contributed by atoms with Crippen LogP contribution in [0.25, 0.3) is 0 Å². The lowest BCUT2D eigenvalue weighted by Gasteiger charge is -2.43. The van der Waals surface area contributed by atoms with Gasteiger partial charge in [-0.05, 0) is 19.8 Å². The summed E-state index contributed by atoms with van der Waals surface area (Å²) in [6.45, 7) is 5.38. The third-order valence-electron chi connectivity index (χ3n) is 4.25. The molecule has 0 spiro atoms. The van der Waals surface area contributed by atoms with Gasteiger partial charge in [-0.2, -0.15) is 0 Å². The van der Waals surface area contributed by atoms with Crippen LogP contribution in [0.2, 0.25) is 0 Å². The molecular weight excluding hydrogens is 214 g/mol. The molecule has 0 bridgehead atoms. The second kappa shape index (κ2) is 5.83. The fourth-order valence-corrected chi connectivity index (χ4v) is 3.16. The van der Waals surface area contributed by atoms with E-state index in [0.29, 0.717) is 18.5 Å². The Bertz CT molecular complexity index is 263. The van der Waals surface area contributed by atoms with E-state index in [1.54, 1.807) is 0 Å². The van der Waals surface area contributed by atoms with Gasteiger partial charge >= 0.3 is 0 Å². The Morgan fingerprint density at radius 2 is 1.94 bits per heavy atom. The molecular formula is C13H25N3O. The van der Waals surface area contributed by atoms with Crippen LogP contribution >= 0.6 is 0 Å². The van der Waals surface area contributed by atoms with Crippen molar-refractivity contribution in [2.45, 2.75) is 51.1 Å². The summed E-state index contributed by atoms with van der Waals surface area (Å²) in [5.74, 6) is 0.316. The van der Waals surface area contributed by atoms with E-state index in [9.17, 15) is 4.79 Å². The average Bonchev–Trinajstić information content (AvgIpc) is 2.36. The smallest absolute Gasteiger partial charge is 0.239 e. The summed E-state index contributed by atoms with van der Waals surface area (Å²) in [7, 11) is 0. The van der Waals surface area contributed by atoms with Gasteiger partial charge in [-0.3, -0.25) is 9.69 Å². The van der Waals surface area contributed by atoms with E-state index in [1.165, 1.54) is 32.1 Å². The van der Waals surface area contributed by atoms with Crippen LogP contribution in [0.3, 0.4) is 0 Å². The molecule has 1 amide bonds. The molecule has 1 unspecified atom stereocenters. The summed E-state index contributed by atoms with van der Waals surface area (Å²) >= 11 is 0. The van der Waals surface area contributed by atoms with Crippen LogP contribution in [0.15, 0.2) is 0 Å². The number of nitrogens with two attached hydrogens (primary N) is 1. The van der Waals surface area contributed by atoms with Crippen LogP contribution in [0.5, 0.6) is 0 Å². The van der Waals surface area contributed by atoms with Gasteiger partial charge in [0, 0.05) is 32.2 Å².